The van der Waals surface area contributed by atoms with Crippen LogP contribution >= 0.6 is 0 Å². The van der Waals surface area contributed by atoms with Gasteiger partial charge in [-0.05, 0) is 30.7 Å². The van der Waals surface area contributed by atoms with Crippen LogP contribution in [0.25, 0.3) is 16.7 Å². The number of carbonyl (C=O) groups is 1. The average molecular weight is 399 g/mol. The van der Waals surface area contributed by atoms with Crippen LogP contribution in [0.15, 0.2) is 78.2 Å². The van der Waals surface area contributed by atoms with Gasteiger partial charge in [0, 0.05) is 12.7 Å². The predicted octanol–water partition coefficient (Wildman–Crippen LogP) is 2.81. The van der Waals surface area contributed by atoms with E-state index in [0.29, 0.717) is 11.3 Å². The zero-order chi connectivity index (χ0) is 21.3. The number of aromatic nitrogens is 3. The first-order chi connectivity index (χ1) is 14.5. The van der Waals surface area contributed by atoms with Gasteiger partial charge in [0.05, 0.1) is 17.0 Å². The summed E-state index contributed by atoms with van der Waals surface area (Å²) in [6, 6.07) is 16.0. The highest BCUT2D eigenvalue weighted by Gasteiger charge is 2.18. The first kappa shape index (κ1) is 19.3. The van der Waals surface area contributed by atoms with Gasteiger partial charge in [0.2, 0.25) is 0 Å². The Morgan fingerprint density at radius 1 is 1.23 bits per heavy atom. The Hall–Kier alpha value is -4.00. The van der Waals surface area contributed by atoms with Crippen molar-refractivity contribution in [3.63, 3.8) is 0 Å². The summed E-state index contributed by atoms with van der Waals surface area (Å²) in [6.45, 7) is 5.86. The Labute approximate surface area is 172 Å². The van der Waals surface area contributed by atoms with Crippen LogP contribution in [0.4, 0.5) is 0 Å². The van der Waals surface area contributed by atoms with Crippen molar-refractivity contribution in [2.45, 2.75) is 19.5 Å². The molecule has 7 nitrogen and oxygen atoms in total. The summed E-state index contributed by atoms with van der Waals surface area (Å²) in [6.07, 6.45) is 3.24. The van der Waals surface area contributed by atoms with E-state index in [1.165, 1.54) is 15.0 Å². The van der Waals surface area contributed by atoms with Crippen molar-refractivity contribution in [1.29, 1.82) is 5.41 Å². The average Bonchev–Trinajstić information content (AvgIpc) is 2.76. The smallest absolute Gasteiger partial charge is 0.267 e. The van der Waals surface area contributed by atoms with E-state index in [2.05, 4.69) is 16.9 Å². The molecule has 4 aromatic rings. The molecule has 0 saturated carbocycles. The third-order valence-corrected chi connectivity index (χ3v) is 5.02. The summed E-state index contributed by atoms with van der Waals surface area (Å²) in [4.78, 5) is 30.6. The number of benzene rings is 1. The van der Waals surface area contributed by atoms with Gasteiger partial charge < -0.3 is 9.88 Å². The van der Waals surface area contributed by atoms with Gasteiger partial charge in [-0.2, -0.15) is 0 Å². The number of allylic oxidation sites excluding steroid dienone is 1. The SMILES string of the molecule is C=CCn1c(=N)c(C(=O)NC(C)c2ccccc2)cc2c(=O)n3ccccc3nc21. The molecule has 1 atom stereocenters. The molecule has 0 saturated heterocycles. The molecule has 0 aliphatic heterocycles. The van der Waals surface area contributed by atoms with Crippen LogP contribution in [0.1, 0.15) is 28.9 Å². The van der Waals surface area contributed by atoms with E-state index in [4.69, 9.17) is 5.41 Å². The van der Waals surface area contributed by atoms with Crippen molar-refractivity contribution in [1.82, 2.24) is 19.3 Å². The second kappa shape index (κ2) is 7.79. The molecule has 0 bridgehead atoms. The largest absolute Gasteiger partial charge is 0.345 e. The Kier molecular flexibility index (Phi) is 5.02. The first-order valence-corrected chi connectivity index (χ1v) is 9.57. The fraction of sp³-hybridized carbons (Fsp3) is 0.130. The summed E-state index contributed by atoms with van der Waals surface area (Å²) < 4.78 is 2.96. The van der Waals surface area contributed by atoms with Gasteiger partial charge in [0.1, 0.15) is 16.8 Å². The first-order valence-electron chi connectivity index (χ1n) is 9.57. The molecule has 1 aromatic carbocycles. The molecule has 0 fully saturated rings. The molecule has 1 amide bonds. The number of rotatable bonds is 5. The molecular weight excluding hydrogens is 378 g/mol. The lowest BCUT2D eigenvalue weighted by molar-refractivity contribution is 0.0937. The number of carbonyl (C=O) groups excluding carboxylic acids is 1. The van der Waals surface area contributed by atoms with Gasteiger partial charge in [-0.25, -0.2) is 4.98 Å². The zero-order valence-electron chi connectivity index (χ0n) is 16.5. The number of nitrogens with zero attached hydrogens (tertiary/aromatic N) is 3. The molecule has 2 N–H and O–H groups in total. The molecule has 7 heteroatoms. The van der Waals surface area contributed by atoms with Gasteiger partial charge in [-0.15, -0.1) is 6.58 Å². The number of nitrogens with one attached hydrogen (secondary N) is 2. The van der Waals surface area contributed by atoms with E-state index >= 15 is 0 Å². The third-order valence-electron chi connectivity index (χ3n) is 5.02. The van der Waals surface area contributed by atoms with Crippen LogP contribution in [0, 0.1) is 5.41 Å². The number of hydrogen-bond donors (Lipinski definition) is 2. The van der Waals surface area contributed by atoms with E-state index < -0.39 is 5.91 Å². The standard InChI is InChI=1S/C23H21N5O2/c1-3-12-28-20(24)17(22(29)25-15(2)16-9-5-4-6-10-16)14-18-21(28)26-19-11-7-8-13-27(19)23(18)30/h3-11,13-15,24H,1,12H2,2H3,(H,25,29). The lowest BCUT2D eigenvalue weighted by Gasteiger charge is -2.16. The number of pyridine rings is 2. The molecule has 4 rings (SSSR count). The Morgan fingerprint density at radius 2 is 1.97 bits per heavy atom. The molecule has 150 valence electrons. The van der Waals surface area contributed by atoms with Crippen molar-refractivity contribution in [2.75, 3.05) is 0 Å². The predicted molar refractivity (Wildman–Crippen MR) is 115 cm³/mol. The van der Waals surface area contributed by atoms with E-state index in [1.807, 2.05) is 37.3 Å². The minimum absolute atomic E-state index is 0.0210. The van der Waals surface area contributed by atoms with Crippen molar-refractivity contribution < 1.29 is 4.79 Å². The zero-order valence-corrected chi connectivity index (χ0v) is 16.5. The summed E-state index contributed by atoms with van der Waals surface area (Å²) >= 11 is 0. The van der Waals surface area contributed by atoms with Crippen LogP contribution in [0.2, 0.25) is 0 Å². The Balaban J connectivity index is 1.88. The summed E-state index contributed by atoms with van der Waals surface area (Å²) in [7, 11) is 0. The summed E-state index contributed by atoms with van der Waals surface area (Å²) in [5.74, 6) is -0.423. The molecule has 0 spiro atoms. The minimum atomic E-state index is -0.423. The topological polar surface area (TPSA) is 92.2 Å². The Bertz CT molecular complexity index is 1390. The maximum Gasteiger partial charge on any atom is 0.267 e. The molecule has 0 aliphatic carbocycles. The highest BCUT2D eigenvalue weighted by Crippen LogP contribution is 2.14. The van der Waals surface area contributed by atoms with E-state index in [-0.39, 0.29) is 34.6 Å². The number of amides is 1. The molecule has 3 heterocycles. The monoisotopic (exact) mass is 399 g/mol. The fourth-order valence-electron chi connectivity index (χ4n) is 3.47. The molecule has 0 aliphatic rings. The quantitative estimate of drug-likeness (QED) is 0.399. The minimum Gasteiger partial charge on any atom is -0.345 e. The van der Waals surface area contributed by atoms with Crippen LogP contribution in [0.3, 0.4) is 0 Å². The molecule has 30 heavy (non-hydrogen) atoms. The van der Waals surface area contributed by atoms with Crippen LogP contribution in [-0.2, 0) is 6.54 Å². The van der Waals surface area contributed by atoms with Crippen molar-refractivity contribution in [3.8, 4) is 0 Å². The summed E-state index contributed by atoms with van der Waals surface area (Å²) in [5.41, 5.74) is 1.57. The van der Waals surface area contributed by atoms with Gasteiger partial charge >= 0.3 is 0 Å². The van der Waals surface area contributed by atoms with Crippen LogP contribution in [0.5, 0.6) is 0 Å². The number of hydrogen-bond acceptors (Lipinski definition) is 4. The van der Waals surface area contributed by atoms with Crippen LogP contribution < -0.4 is 16.4 Å². The van der Waals surface area contributed by atoms with Crippen LogP contribution in [-0.4, -0.2) is 19.9 Å². The van der Waals surface area contributed by atoms with Gasteiger partial charge in [-0.3, -0.25) is 19.4 Å². The van der Waals surface area contributed by atoms with Gasteiger partial charge in [-0.1, -0.05) is 42.5 Å². The van der Waals surface area contributed by atoms with Gasteiger partial charge in [0.15, 0.2) is 0 Å². The lowest BCUT2D eigenvalue weighted by Crippen LogP contribution is -2.35. The van der Waals surface area contributed by atoms with Gasteiger partial charge in [0.25, 0.3) is 11.5 Å². The van der Waals surface area contributed by atoms with E-state index in [0.717, 1.165) is 5.56 Å². The normalized spacial score (nSPS) is 12.0. The lowest BCUT2D eigenvalue weighted by atomic mass is 10.1. The Morgan fingerprint density at radius 3 is 2.70 bits per heavy atom. The highest BCUT2D eigenvalue weighted by atomic mass is 16.1. The second-order valence-corrected chi connectivity index (χ2v) is 6.99. The molecular formula is C23H21N5O2. The molecule has 0 radical (unpaired) electrons. The maximum absolute atomic E-state index is 13.1. The molecule has 3 aromatic heterocycles. The third kappa shape index (κ3) is 3.30. The van der Waals surface area contributed by atoms with E-state index in [9.17, 15) is 9.59 Å². The highest BCUT2D eigenvalue weighted by molar-refractivity contribution is 5.97. The van der Waals surface area contributed by atoms with Crippen molar-refractivity contribution in [3.05, 3.63) is 100 Å². The van der Waals surface area contributed by atoms with E-state index in [1.54, 1.807) is 30.5 Å². The summed E-state index contributed by atoms with van der Waals surface area (Å²) in [5, 5.41) is 11.8. The maximum atomic E-state index is 13.1. The fourth-order valence-corrected chi connectivity index (χ4v) is 3.47. The molecule has 1 unspecified atom stereocenters. The van der Waals surface area contributed by atoms with Crippen molar-refractivity contribution >= 4 is 22.6 Å². The second-order valence-electron chi connectivity index (χ2n) is 6.99. The van der Waals surface area contributed by atoms with Crippen molar-refractivity contribution in [2.24, 2.45) is 0 Å². The number of fused-ring (bicyclic) bond motifs is 2.